The molecule has 1 aliphatic rings. The van der Waals surface area contributed by atoms with Gasteiger partial charge in [-0.3, -0.25) is 0 Å². The van der Waals surface area contributed by atoms with Crippen LogP contribution < -0.4 is 25.2 Å². The Kier molecular flexibility index (Phi) is 9.76. The molecule has 8 rings (SSSR count). The Bertz CT molecular complexity index is 2460. The van der Waals surface area contributed by atoms with E-state index >= 15 is 0 Å². The number of hydrogen-bond donors (Lipinski definition) is 0. The summed E-state index contributed by atoms with van der Waals surface area (Å²) in [5.74, 6) is 3.03. The summed E-state index contributed by atoms with van der Waals surface area (Å²) in [6.07, 6.45) is 3.97. The largest absolute Gasteiger partial charge is 2.00 e. The third kappa shape index (κ3) is 6.88. The molecular formula is C46H41BN2O2PtS. The van der Waals surface area contributed by atoms with Gasteiger partial charge in [0.2, 0.25) is 0 Å². The molecule has 3 aromatic heterocycles. The molecule has 53 heavy (non-hydrogen) atoms. The van der Waals surface area contributed by atoms with Gasteiger partial charge in [-0.1, -0.05) is 119 Å². The molecule has 4 nitrogen and oxygen atoms in total. The van der Waals surface area contributed by atoms with Crippen molar-refractivity contribution in [3.8, 4) is 45.5 Å². The molecular weight excluding hydrogens is 850 g/mol. The molecule has 0 radical (unpaired) electrons. The average molecular weight is 892 g/mol. The number of benzene rings is 4. The van der Waals surface area contributed by atoms with E-state index < -0.39 is 0 Å². The number of pyridine rings is 2. The monoisotopic (exact) mass is 891 g/mol. The van der Waals surface area contributed by atoms with Crippen LogP contribution in [0.15, 0.2) is 103 Å². The second-order valence-corrected chi connectivity index (χ2v) is 16.8. The van der Waals surface area contributed by atoms with Crippen LogP contribution in [0.5, 0.6) is 23.0 Å². The van der Waals surface area contributed by atoms with Gasteiger partial charge in [-0.2, -0.15) is 11.3 Å². The first-order valence-electron chi connectivity index (χ1n) is 17.9. The van der Waals surface area contributed by atoms with E-state index in [1.54, 1.807) is 11.3 Å². The fraction of sp³-hybridized carbons (Fsp3) is 0.217. The molecule has 0 aliphatic carbocycles. The maximum atomic E-state index is 6.90. The van der Waals surface area contributed by atoms with Crippen LogP contribution in [-0.4, -0.2) is 16.7 Å². The Morgan fingerprint density at radius 1 is 0.698 bits per heavy atom. The van der Waals surface area contributed by atoms with E-state index in [1.807, 2.05) is 42.7 Å². The fourth-order valence-corrected chi connectivity index (χ4v) is 8.58. The van der Waals surface area contributed by atoms with E-state index in [1.165, 1.54) is 32.4 Å². The predicted molar refractivity (Wildman–Crippen MR) is 217 cm³/mol. The van der Waals surface area contributed by atoms with Gasteiger partial charge in [-0.05, 0) is 53.0 Å². The van der Waals surface area contributed by atoms with E-state index in [0.29, 0.717) is 11.5 Å². The summed E-state index contributed by atoms with van der Waals surface area (Å²) in [4.78, 5) is 9.88. The topological polar surface area (TPSA) is 44.2 Å². The molecule has 0 N–H and O–H groups in total. The summed E-state index contributed by atoms with van der Waals surface area (Å²) in [6, 6.07) is 38.1. The molecule has 0 spiro atoms. The van der Waals surface area contributed by atoms with Crippen LogP contribution >= 0.6 is 11.3 Å². The number of rotatable bonds is 5. The Morgan fingerprint density at radius 2 is 1.36 bits per heavy atom. The van der Waals surface area contributed by atoms with E-state index in [0.717, 1.165) is 49.7 Å². The minimum absolute atomic E-state index is 0. The number of thiophene rings is 1. The van der Waals surface area contributed by atoms with Crippen molar-refractivity contribution < 1.29 is 30.5 Å². The van der Waals surface area contributed by atoms with Crippen molar-refractivity contribution in [3.63, 3.8) is 0 Å². The average Bonchev–Trinajstić information content (AvgIpc) is 3.49. The van der Waals surface area contributed by atoms with Crippen LogP contribution in [-0.2, 0) is 31.9 Å². The minimum atomic E-state index is -0.162. The number of para-hydroxylation sites is 1. The molecule has 7 aromatic rings. The first-order valence-corrected chi connectivity index (χ1v) is 18.7. The number of hydrogen-bond acceptors (Lipinski definition) is 5. The number of ether oxygens (including phenoxy) is 2. The van der Waals surface area contributed by atoms with E-state index in [2.05, 4.69) is 128 Å². The summed E-state index contributed by atoms with van der Waals surface area (Å²) in [6.45, 7) is 17.8. The molecule has 7 heteroatoms. The summed E-state index contributed by atoms with van der Waals surface area (Å²) in [5, 5.41) is 1.12. The zero-order valence-corrected chi connectivity index (χ0v) is 34.4. The summed E-state index contributed by atoms with van der Waals surface area (Å²) in [7, 11) is 0. The van der Waals surface area contributed by atoms with Crippen molar-refractivity contribution in [2.45, 2.75) is 66.2 Å². The van der Waals surface area contributed by atoms with Gasteiger partial charge < -0.3 is 19.4 Å². The Morgan fingerprint density at radius 3 is 2.02 bits per heavy atom. The van der Waals surface area contributed by atoms with E-state index in [4.69, 9.17) is 19.4 Å². The SMILES string of the molecule is Cc1cccc(C)c1B1c2ccccc2Oc2c1sc1c(-c3[c-]c(Oc4[c-]c(-c5ccc(C(C)(C)C)cn5)ccc4)ccc3)ncc(C(C)(C)C)c21.[Pt+2]. The van der Waals surface area contributed by atoms with Gasteiger partial charge in [0.15, 0.2) is 0 Å². The molecule has 266 valence electrons. The van der Waals surface area contributed by atoms with Gasteiger partial charge in [-0.15, -0.1) is 47.5 Å². The van der Waals surface area contributed by atoms with Gasteiger partial charge in [0.1, 0.15) is 11.5 Å². The molecule has 0 fully saturated rings. The molecule has 0 amide bonds. The minimum Gasteiger partial charge on any atom is -0.497 e. The number of nitrogens with zero attached hydrogens (tertiary/aromatic N) is 2. The molecule has 0 unspecified atom stereocenters. The van der Waals surface area contributed by atoms with Crippen molar-refractivity contribution in [3.05, 3.63) is 138 Å². The van der Waals surface area contributed by atoms with Crippen LogP contribution in [0.4, 0.5) is 0 Å². The van der Waals surface area contributed by atoms with Gasteiger partial charge in [0, 0.05) is 44.4 Å². The summed E-state index contributed by atoms with van der Waals surface area (Å²) >= 11 is 1.79. The van der Waals surface area contributed by atoms with Crippen molar-refractivity contribution in [1.29, 1.82) is 0 Å². The second kappa shape index (κ2) is 14.0. The normalized spacial score (nSPS) is 12.5. The van der Waals surface area contributed by atoms with Crippen molar-refractivity contribution in [1.82, 2.24) is 9.97 Å². The Hall–Kier alpha value is -4.51. The predicted octanol–water partition coefficient (Wildman–Crippen LogP) is 10.2. The maximum absolute atomic E-state index is 6.90. The number of aryl methyl sites for hydroxylation is 2. The summed E-state index contributed by atoms with van der Waals surface area (Å²) in [5.41, 5.74) is 10.7. The smallest absolute Gasteiger partial charge is 0.497 e. The standard InChI is InChI=1S/C46H41BN2O2S.Pt/c1-28-14-11-15-29(2)40(28)47-36-20-9-10-21-38(36)51-42-39-35(46(6,7)8)27-49-41(43(39)52-44(42)47)31-17-13-19-34(25-31)50-33-18-12-16-30(24-33)37-23-22-32(26-48-37)45(3,4)5;/h9-23,26-27H,1-8H3;/q-2;+2. The summed E-state index contributed by atoms with van der Waals surface area (Å²) < 4.78 is 15.6. The Balaban J connectivity index is 0.00000435. The zero-order chi connectivity index (χ0) is 36.4. The van der Waals surface area contributed by atoms with Crippen molar-refractivity contribution >= 4 is 43.8 Å². The fourth-order valence-electron chi connectivity index (χ4n) is 7.20. The number of fused-ring (bicyclic) bond motifs is 4. The van der Waals surface area contributed by atoms with Gasteiger partial charge >= 0.3 is 21.1 Å². The van der Waals surface area contributed by atoms with Crippen molar-refractivity contribution in [2.24, 2.45) is 0 Å². The quantitative estimate of drug-likeness (QED) is 0.128. The maximum Gasteiger partial charge on any atom is 2.00 e. The molecule has 0 atom stereocenters. The van der Waals surface area contributed by atoms with Crippen LogP contribution in [0, 0.1) is 26.0 Å². The third-order valence-corrected chi connectivity index (χ3v) is 11.2. The van der Waals surface area contributed by atoms with Gasteiger partial charge in [0.05, 0.1) is 0 Å². The molecule has 1 aliphatic heterocycles. The molecule has 0 bridgehead atoms. The van der Waals surface area contributed by atoms with Gasteiger partial charge in [0.25, 0.3) is 6.71 Å². The first-order chi connectivity index (χ1) is 24.9. The van der Waals surface area contributed by atoms with E-state index in [9.17, 15) is 0 Å². The molecule has 4 aromatic carbocycles. The molecule has 0 saturated heterocycles. The first kappa shape index (κ1) is 36.8. The zero-order valence-electron chi connectivity index (χ0n) is 31.3. The van der Waals surface area contributed by atoms with Crippen LogP contribution in [0.25, 0.3) is 32.6 Å². The Labute approximate surface area is 332 Å². The van der Waals surface area contributed by atoms with E-state index in [-0.39, 0.29) is 38.6 Å². The number of aromatic nitrogens is 2. The van der Waals surface area contributed by atoms with Crippen LogP contribution in [0.2, 0.25) is 0 Å². The van der Waals surface area contributed by atoms with Crippen LogP contribution in [0.3, 0.4) is 0 Å². The molecule has 4 heterocycles. The van der Waals surface area contributed by atoms with Crippen molar-refractivity contribution in [2.75, 3.05) is 0 Å². The van der Waals surface area contributed by atoms with Gasteiger partial charge in [-0.25, -0.2) is 0 Å². The van der Waals surface area contributed by atoms with Crippen LogP contribution in [0.1, 0.15) is 63.8 Å². The molecule has 0 saturated carbocycles. The third-order valence-electron chi connectivity index (χ3n) is 9.96. The second-order valence-electron chi connectivity index (χ2n) is 15.8.